The Morgan fingerprint density at radius 1 is 1.09 bits per heavy atom. The van der Waals surface area contributed by atoms with Gasteiger partial charge in [0.05, 0.1) is 29.0 Å². The van der Waals surface area contributed by atoms with Crippen LogP contribution in [0.15, 0.2) is 43.0 Å². The van der Waals surface area contributed by atoms with Gasteiger partial charge < -0.3 is 15.4 Å². The summed E-state index contributed by atoms with van der Waals surface area (Å²) in [6.45, 7) is 4.67. The molecule has 0 spiro atoms. The van der Waals surface area contributed by atoms with E-state index in [1.165, 1.54) is 10.4 Å². The Bertz CT molecular complexity index is 1190. The maximum absolute atomic E-state index is 5.66. The highest BCUT2D eigenvalue weighted by molar-refractivity contribution is 7.19. The van der Waals surface area contributed by atoms with Gasteiger partial charge in [0, 0.05) is 55.8 Å². The van der Waals surface area contributed by atoms with Gasteiger partial charge in [-0.05, 0) is 30.8 Å². The number of nitrogens with zero attached hydrogens (tertiary/aromatic N) is 7. The minimum Gasteiger partial charge on any atom is -0.378 e. The molecule has 0 unspecified atom stereocenters. The van der Waals surface area contributed by atoms with Gasteiger partial charge in [-0.25, -0.2) is 19.9 Å². The number of rotatable bonds is 6. The molecule has 0 radical (unpaired) electrons. The van der Waals surface area contributed by atoms with Crippen LogP contribution in [0.25, 0.3) is 21.6 Å². The number of nitrogens with two attached hydrogens (primary N) is 1. The number of morpholine rings is 1. The molecule has 0 saturated carbocycles. The molecule has 0 amide bonds. The molecule has 164 valence electrons. The summed E-state index contributed by atoms with van der Waals surface area (Å²) in [5, 5.41) is 0. The van der Waals surface area contributed by atoms with E-state index in [-0.39, 0.29) is 5.95 Å². The lowest BCUT2D eigenvalue weighted by Gasteiger charge is -2.28. The Balaban J connectivity index is 1.48. The SMILES string of the molecule is CN(Cc1ccncc1)Cc1cc2nc(-c3cnc(N)nc3)nc(N3CCOCC3)c2s1. The number of fused-ring (bicyclic) bond motifs is 1. The van der Waals surface area contributed by atoms with E-state index in [4.69, 9.17) is 20.4 Å². The number of hydrogen-bond donors (Lipinski definition) is 1. The van der Waals surface area contributed by atoms with Crippen LogP contribution in [0.5, 0.6) is 0 Å². The van der Waals surface area contributed by atoms with Crippen LogP contribution in [0.2, 0.25) is 0 Å². The highest BCUT2D eigenvalue weighted by Crippen LogP contribution is 2.34. The molecule has 1 aliphatic heterocycles. The lowest BCUT2D eigenvalue weighted by molar-refractivity contribution is 0.122. The van der Waals surface area contributed by atoms with E-state index < -0.39 is 0 Å². The minimum absolute atomic E-state index is 0.235. The van der Waals surface area contributed by atoms with Crippen LogP contribution in [0.4, 0.5) is 11.8 Å². The zero-order valence-electron chi connectivity index (χ0n) is 17.8. The number of thiophene rings is 1. The van der Waals surface area contributed by atoms with Gasteiger partial charge in [-0.1, -0.05) is 0 Å². The molecular formula is C22H24N8OS. The van der Waals surface area contributed by atoms with Crippen LogP contribution in [-0.4, -0.2) is 63.2 Å². The van der Waals surface area contributed by atoms with Gasteiger partial charge in [0.25, 0.3) is 0 Å². The third-order valence-electron chi connectivity index (χ3n) is 5.27. The number of ether oxygens (including phenoxy) is 1. The number of anilines is 2. The molecular weight excluding hydrogens is 424 g/mol. The van der Waals surface area contributed by atoms with Gasteiger partial charge in [-0.2, -0.15) is 0 Å². The summed E-state index contributed by atoms with van der Waals surface area (Å²) in [6, 6.07) is 6.26. The maximum Gasteiger partial charge on any atom is 0.219 e. The van der Waals surface area contributed by atoms with Gasteiger partial charge in [0.2, 0.25) is 5.95 Å². The molecule has 1 aliphatic rings. The molecule has 2 N–H and O–H groups in total. The first-order valence-electron chi connectivity index (χ1n) is 10.4. The van der Waals surface area contributed by atoms with Crippen LogP contribution in [0.1, 0.15) is 10.4 Å². The van der Waals surface area contributed by atoms with Crippen molar-refractivity contribution in [2.45, 2.75) is 13.1 Å². The normalized spacial score (nSPS) is 14.4. The Morgan fingerprint density at radius 3 is 2.59 bits per heavy atom. The lowest BCUT2D eigenvalue weighted by atomic mass is 10.2. The molecule has 1 fully saturated rings. The number of hydrogen-bond acceptors (Lipinski definition) is 10. The van der Waals surface area contributed by atoms with Crippen LogP contribution in [0, 0.1) is 0 Å². The van der Waals surface area contributed by atoms with Crippen molar-refractivity contribution in [3.8, 4) is 11.4 Å². The van der Waals surface area contributed by atoms with E-state index in [2.05, 4.69) is 37.9 Å². The van der Waals surface area contributed by atoms with Crippen molar-refractivity contribution in [3.63, 3.8) is 0 Å². The Labute approximate surface area is 189 Å². The molecule has 4 aromatic heterocycles. The van der Waals surface area contributed by atoms with Crippen LogP contribution < -0.4 is 10.6 Å². The standard InChI is InChI=1S/C22H24N8OS/c1-29(13-15-2-4-24-5-3-15)14-17-10-18-19(32-17)21(30-6-8-31-9-7-30)28-20(27-18)16-11-25-22(23)26-12-16/h2-5,10-12H,6-9,13-14H2,1H3,(H2,23,25,26). The summed E-state index contributed by atoms with van der Waals surface area (Å²) in [5.41, 5.74) is 8.58. The van der Waals surface area contributed by atoms with Gasteiger partial charge in [-0.15, -0.1) is 11.3 Å². The van der Waals surface area contributed by atoms with E-state index in [1.54, 1.807) is 23.7 Å². The molecule has 5 heterocycles. The Hall–Kier alpha value is -3.21. The number of aromatic nitrogens is 5. The summed E-state index contributed by atoms with van der Waals surface area (Å²) < 4.78 is 6.65. The van der Waals surface area contributed by atoms with Crippen molar-refractivity contribution >= 4 is 33.3 Å². The molecule has 10 heteroatoms. The van der Waals surface area contributed by atoms with Crippen molar-refractivity contribution in [2.75, 3.05) is 44.0 Å². The smallest absolute Gasteiger partial charge is 0.219 e. The lowest BCUT2D eigenvalue weighted by Crippen LogP contribution is -2.36. The zero-order valence-corrected chi connectivity index (χ0v) is 18.6. The van der Waals surface area contributed by atoms with Crippen molar-refractivity contribution < 1.29 is 4.74 Å². The molecule has 5 rings (SSSR count). The van der Waals surface area contributed by atoms with Gasteiger partial charge in [0.15, 0.2) is 11.6 Å². The fourth-order valence-corrected chi connectivity index (χ4v) is 4.93. The molecule has 0 aromatic carbocycles. The summed E-state index contributed by atoms with van der Waals surface area (Å²) in [7, 11) is 2.12. The van der Waals surface area contributed by atoms with Gasteiger partial charge >= 0.3 is 0 Å². The van der Waals surface area contributed by atoms with Crippen LogP contribution in [-0.2, 0) is 17.8 Å². The first-order valence-corrected chi connectivity index (χ1v) is 11.3. The molecule has 9 nitrogen and oxygen atoms in total. The summed E-state index contributed by atoms with van der Waals surface area (Å²) in [5.74, 6) is 1.78. The fraction of sp³-hybridized carbons (Fsp3) is 0.318. The molecule has 0 atom stereocenters. The fourth-order valence-electron chi connectivity index (χ4n) is 3.74. The van der Waals surface area contributed by atoms with Crippen molar-refractivity contribution in [1.82, 2.24) is 29.8 Å². The highest BCUT2D eigenvalue weighted by atomic mass is 32.1. The largest absolute Gasteiger partial charge is 0.378 e. The van der Waals surface area contributed by atoms with Gasteiger partial charge in [-0.3, -0.25) is 9.88 Å². The average Bonchev–Trinajstić information content (AvgIpc) is 3.22. The second-order valence-electron chi connectivity index (χ2n) is 7.76. The van der Waals surface area contributed by atoms with Crippen LogP contribution >= 0.6 is 11.3 Å². The molecule has 0 bridgehead atoms. The average molecular weight is 449 g/mol. The van der Waals surface area contributed by atoms with Crippen molar-refractivity contribution in [3.05, 3.63) is 53.4 Å². The summed E-state index contributed by atoms with van der Waals surface area (Å²) in [4.78, 5) is 27.9. The van der Waals surface area contributed by atoms with Gasteiger partial charge in [0.1, 0.15) is 0 Å². The number of pyridine rings is 1. The second-order valence-corrected chi connectivity index (χ2v) is 8.89. The monoisotopic (exact) mass is 448 g/mol. The first-order chi connectivity index (χ1) is 15.7. The second kappa shape index (κ2) is 9.11. The van der Waals surface area contributed by atoms with E-state index in [0.29, 0.717) is 19.0 Å². The quantitative estimate of drug-likeness (QED) is 0.476. The molecule has 4 aromatic rings. The molecule has 32 heavy (non-hydrogen) atoms. The Morgan fingerprint density at radius 2 is 1.84 bits per heavy atom. The third-order valence-corrected chi connectivity index (χ3v) is 6.38. The topological polar surface area (TPSA) is 106 Å². The maximum atomic E-state index is 5.66. The summed E-state index contributed by atoms with van der Waals surface area (Å²) in [6.07, 6.45) is 7.00. The van der Waals surface area contributed by atoms with Crippen molar-refractivity contribution in [1.29, 1.82) is 0 Å². The van der Waals surface area contributed by atoms with Crippen LogP contribution in [0.3, 0.4) is 0 Å². The zero-order chi connectivity index (χ0) is 21.9. The van der Waals surface area contributed by atoms with E-state index in [0.717, 1.165) is 47.8 Å². The summed E-state index contributed by atoms with van der Waals surface area (Å²) >= 11 is 1.75. The highest BCUT2D eigenvalue weighted by Gasteiger charge is 2.20. The van der Waals surface area contributed by atoms with E-state index >= 15 is 0 Å². The third kappa shape index (κ3) is 4.52. The predicted molar refractivity (Wildman–Crippen MR) is 125 cm³/mol. The first kappa shape index (κ1) is 20.7. The minimum atomic E-state index is 0.235. The molecule has 1 saturated heterocycles. The van der Waals surface area contributed by atoms with E-state index in [9.17, 15) is 0 Å². The van der Waals surface area contributed by atoms with Crippen molar-refractivity contribution in [2.24, 2.45) is 0 Å². The number of nitrogen functional groups attached to an aromatic ring is 1. The molecule has 0 aliphatic carbocycles. The predicted octanol–water partition coefficient (Wildman–Crippen LogP) is 2.59. The Kier molecular flexibility index (Phi) is 5.89. The van der Waals surface area contributed by atoms with E-state index in [1.807, 2.05) is 24.5 Å².